The molecule has 0 saturated carbocycles. The van der Waals surface area contributed by atoms with Gasteiger partial charge in [0.2, 0.25) is 0 Å². The lowest BCUT2D eigenvalue weighted by molar-refractivity contribution is 0.148. The first-order chi connectivity index (χ1) is 10.4. The van der Waals surface area contributed by atoms with Crippen molar-refractivity contribution in [2.24, 2.45) is 0 Å². The van der Waals surface area contributed by atoms with Crippen LogP contribution in [0.4, 0.5) is 0 Å². The van der Waals surface area contributed by atoms with Crippen LogP contribution in [0.2, 0.25) is 0 Å². The zero-order valence-corrected chi connectivity index (χ0v) is 12.5. The Labute approximate surface area is 127 Å². The first kappa shape index (κ1) is 13.7. The number of rotatable bonds is 5. The summed E-state index contributed by atoms with van der Waals surface area (Å²) in [4.78, 5) is 4.85. The van der Waals surface area contributed by atoms with Gasteiger partial charge in [-0.25, -0.2) is 0 Å². The van der Waals surface area contributed by atoms with Crippen molar-refractivity contribution in [1.82, 2.24) is 9.80 Å². The molecule has 2 nitrogen and oxygen atoms in total. The van der Waals surface area contributed by atoms with E-state index >= 15 is 0 Å². The van der Waals surface area contributed by atoms with Crippen LogP contribution >= 0.6 is 0 Å². The SMILES string of the molecule is CCCN1C=CN(Cc2ccccc2)C1c1ccccc1. The summed E-state index contributed by atoms with van der Waals surface area (Å²) in [5.41, 5.74) is 2.70. The van der Waals surface area contributed by atoms with E-state index in [2.05, 4.69) is 89.8 Å². The minimum Gasteiger partial charge on any atom is -0.352 e. The molecule has 0 radical (unpaired) electrons. The summed E-state index contributed by atoms with van der Waals surface area (Å²) in [6.45, 7) is 4.26. The van der Waals surface area contributed by atoms with Crippen LogP contribution in [0.1, 0.15) is 30.6 Å². The van der Waals surface area contributed by atoms with Gasteiger partial charge in [0.15, 0.2) is 0 Å². The van der Waals surface area contributed by atoms with Gasteiger partial charge < -0.3 is 9.80 Å². The molecule has 1 aliphatic rings. The standard InChI is InChI=1S/C19H22N2/c1-2-13-20-14-15-21(16-17-9-5-3-6-10-17)19(20)18-11-7-4-8-12-18/h3-12,14-15,19H,2,13,16H2,1H3. The zero-order valence-electron chi connectivity index (χ0n) is 12.5. The van der Waals surface area contributed by atoms with E-state index < -0.39 is 0 Å². The van der Waals surface area contributed by atoms with Crippen molar-refractivity contribution >= 4 is 0 Å². The summed E-state index contributed by atoms with van der Waals surface area (Å²) < 4.78 is 0. The predicted molar refractivity (Wildman–Crippen MR) is 87.3 cm³/mol. The molecule has 1 aliphatic heterocycles. The van der Waals surface area contributed by atoms with E-state index in [1.54, 1.807) is 0 Å². The highest BCUT2D eigenvalue weighted by atomic mass is 15.4. The average molecular weight is 278 g/mol. The highest BCUT2D eigenvalue weighted by Gasteiger charge is 2.26. The second-order valence-electron chi connectivity index (χ2n) is 5.48. The Morgan fingerprint density at radius 3 is 2.10 bits per heavy atom. The molecule has 0 N–H and O–H groups in total. The van der Waals surface area contributed by atoms with Gasteiger partial charge in [0.05, 0.1) is 0 Å². The molecule has 108 valence electrons. The lowest BCUT2D eigenvalue weighted by atomic mass is 10.1. The van der Waals surface area contributed by atoms with E-state index in [0.29, 0.717) is 6.17 Å². The van der Waals surface area contributed by atoms with Crippen LogP contribution in [-0.2, 0) is 6.54 Å². The van der Waals surface area contributed by atoms with Crippen LogP contribution in [-0.4, -0.2) is 16.3 Å². The minimum absolute atomic E-state index is 0.311. The highest BCUT2D eigenvalue weighted by Crippen LogP contribution is 2.32. The van der Waals surface area contributed by atoms with Crippen molar-refractivity contribution in [2.75, 3.05) is 6.54 Å². The molecular formula is C19H22N2. The Balaban J connectivity index is 1.83. The summed E-state index contributed by atoms with van der Waals surface area (Å²) in [7, 11) is 0. The topological polar surface area (TPSA) is 6.48 Å². The van der Waals surface area contributed by atoms with E-state index in [9.17, 15) is 0 Å². The van der Waals surface area contributed by atoms with Crippen LogP contribution in [0.25, 0.3) is 0 Å². The molecule has 0 aliphatic carbocycles. The van der Waals surface area contributed by atoms with Gasteiger partial charge in [0, 0.05) is 25.5 Å². The molecule has 0 aromatic heterocycles. The van der Waals surface area contributed by atoms with E-state index in [1.165, 1.54) is 11.1 Å². The Morgan fingerprint density at radius 1 is 0.810 bits per heavy atom. The van der Waals surface area contributed by atoms with Gasteiger partial charge in [0.1, 0.15) is 6.17 Å². The maximum absolute atomic E-state index is 2.43. The summed E-state index contributed by atoms with van der Waals surface area (Å²) in [5.74, 6) is 0. The third-order valence-electron chi connectivity index (χ3n) is 3.87. The smallest absolute Gasteiger partial charge is 0.127 e. The summed E-state index contributed by atoms with van der Waals surface area (Å²) >= 11 is 0. The minimum atomic E-state index is 0.311. The molecule has 1 unspecified atom stereocenters. The maximum atomic E-state index is 2.43. The fourth-order valence-corrected chi connectivity index (χ4v) is 2.92. The molecule has 21 heavy (non-hydrogen) atoms. The van der Waals surface area contributed by atoms with Gasteiger partial charge in [-0.15, -0.1) is 0 Å². The predicted octanol–water partition coefficient (Wildman–Crippen LogP) is 4.38. The van der Waals surface area contributed by atoms with Crippen molar-refractivity contribution in [3.63, 3.8) is 0 Å². The first-order valence-electron chi connectivity index (χ1n) is 7.67. The van der Waals surface area contributed by atoms with Crippen LogP contribution in [0.3, 0.4) is 0 Å². The normalized spacial score (nSPS) is 17.5. The van der Waals surface area contributed by atoms with E-state index in [1.807, 2.05) is 0 Å². The van der Waals surface area contributed by atoms with E-state index in [4.69, 9.17) is 0 Å². The van der Waals surface area contributed by atoms with Gasteiger partial charge >= 0.3 is 0 Å². The summed E-state index contributed by atoms with van der Waals surface area (Å²) in [6.07, 6.45) is 5.92. The molecule has 1 heterocycles. The molecule has 0 bridgehead atoms. The molecule has 3 rings (SSSR count). The fourth-order valence-electron chi connectivity index (χ4n) is 2.92. The van der Waals surface area contributed by atoms with Crippen molar-refractivity contribution in [2.45, 2.75) is 26.1 Å². The number of hydrogen-bond donors (Lipinski definition) is 0. The molecule has 2 heteroatoms. The number of hydrogen-bond acceptors (Lipinski definition) is 2. The Kier molecular flexibility index (Phi) is 4.25. The molecule has 0 spiro atoms. The zero-order chi connectivity index (χ0) is 14.5. The van der Waals surface area contributed by atoms with Crippen LogP contribution in [0.5, 0.6) is 0 Å². The Hall–Kier alpha value is -2.22. The second-order valence-corrected chi connectivity index (χ2v) is 5.48. The van der Waals surface area contributed by atoms with Gasteiger partial charge in [-0.2, -0.15) is 0 Å². The van der Waals surface area contributed by atoms with Gasteiger partial charge in [-0.3, -0.25) is 0 Å². The van der Waals surface area contributed by atoms with E-state index in [-0.39, 0.29) is 0 Å². The maximum Gasteiger partial charge on any atom is 0.127 e. The van der Waals surface area contributed by atoms with E-state index in [0.717, 1.165) is 19.5 Å². The lowest BCUT2D eigenvalue weighted by Gasteiger charge is -2.33. The summed E-state index contributed by atoms with van der Waals surface area (Å²) in [6, 6.07) is 21.4. The third kappa shape index (κ3) is 3.10. The van der Waals surface area contributed by atoms with Gasteiger partial charge in [-0.1, -0.05) is 67.6 Å². The average Bonchev–Trinajstić information content (AvgIpc) is 2.92. The second kappa shape index (κ2) is 6.49. The molecule has 0 amide bonds. The molecule has 1 atom stereocenters. The number of benzene rings is 2. The molecular weight excluding hydrogens is 256 g/mol. The molecule has 2 aromatic carbocycles. The number of nitrogens with zero attached hydrogens (tertiary/aromatic N) is 2. The molecule has 2 aromatic rings. The lowest BCUT2D eigenvalue weighted by Crippen LogP contribution is -2.30. The van der Waals surface area contributed by atoms with Gasteiger partial charge in [-0.05, 0) is 17.5 Å². The summed E-state index contributed by atoms with van der Waals surface area (Å²) in [5, 5.41) is 0. The van der Waals surface area contributed by atoms with Crippen molar-refractivity contribution < 1.29 is 0 Å². The Morgan fingerprint density at radius 2 is 1.43 bits per heavy atom. The molecule has 0 saturated heterocycles. The first-order valence-corrected chi connectivity index (χ1v) is 7.67. The van der Waals surface area contributed by atoms with Gasteiger partial charge in [0.25, 0.3) is 0 Å². The highest BCUT2D eigenvalue weighted by molar-refractivity contribution is 5.23. The fraction of sp³-hybridized carbons (Fsp3) is 0.263. The van der Waals surface area contributed by atoms with Crippen LogP contribution < -0.4 is 0 Å². The molecule has 0 fully saturated rings. The monoisotopic (exact) mass is 278 g/mol. The largest absolute Gasteiger partial charge is 0.352 e. The third-order valence-corrected chi connectivity index (χ3v) is 3.87. The van der Waals surface area contributed by atoms with Crippen molar-refractivity contribution in [3.05, 3.63) is 84.2 Å². The van der Waals surface area contributed by atoms with Crippen LogP contribution in [0, 0.1) is 0 Å². The Bertz CT molecular complexity index is 577. The quantitative estimate of drug-likeness (QED) is 0.800. The van der Waals surface area contributed by atoms with Crippen molar-refractivity contribution in [3.8, 4) is 0 Å². The van der Waals surface area contributed by atoms with Crippen molar-refractivity contribution in [1.29, 1.82) is 0 Å². The van der Waals surface area contributed by atoms with Crippen LogP contribution in [0.15, 0.2) is 73.1 Å².